The van der Waals surface area contributed by atoms with Crippen LogP contribution in [-0.4, -0.2) is 66.5 Å². The lowest BCUT2D eigenvalue weighted by Gasteiger charge is -2.36. The molecule has 0 atom stereocenters. The van der Waals surface area contributed by atoms with E-state index in [0.717, 1.165) is 18.2 Å². The van der Waals surface area contributed by atoms with Gasteiger partial charge in [0.25, 0.3) is 0 Å². The van der Waals surface area contributed by atoms with Gasteiger partial charge >= 0.3 is 30.1 Å². The largest absolute Gasteiger partial charge is 0.460 e. The number of carbonyl (C=O) groups is 1. The highest BCUT2D eigenvalue weighted by atomic mass is 19.4. The molecule has 0 radical (unpaired) electrons. The van der Waals surface area contributed by atoms with Crippen molar-refractivity contribution in [3.8, 4) is 0 Å². The molecule has 2 heterocycles. The summed E-state index contributed by atoms with van der Waals surface area (Å²) in [6.07, 6.45) is -9.05. The number of rotatable bonds is 7. The van der Waals surface area contributed by atoms with E-state index >= 15 is 0 Å². The molecule has 218 valence electrons. The van der Waals surface area contributed by atoms with E-state index in [4.69, 9.17) is 0 Å². The Hall–Kier alpha value is -3.49. The number of aromatic amines is 1. The Morgan fingerprint density at radius 3 is 2.17 bits per heavy atom. The number of anilines is 2. The second-order valence-corrected chi connectivity index (χ2v) is 9.30. The van der Waals surface area contributed by atoms with Crippen LogP contribution in [0.1, 0.15) is 11.1 Å². The normalized spacial score (nSPS) is 16.0. The van der Waals surface area contributed by atoms with Crippen molar-refractivity contribution in [2.24, 2.45) is 0 Å². The quantitative estimate of drug-likeness (QED) is 0.320. The fourth-order valence-corrected chi connectivity index (χ4v) is 4.38. The van der Waals surface area contributed by atoms with Crippen molar-refractivity contribution < 1.29 is 48.7 Å². The molecule has 1 aliphatic heterocycles. The molecule has 2 N–H and O–H groups in total. The van der Waals surface area contributed by atoms with Gasteiger partial charge in [0.15, 0.2) is 0 Å². The van der Waals surface area contributed by atoms with E-state index in [2.05, 4.69) is 9.88 Å². The van der Waals surface area contributed by atoms with Crippen molar-refractivity contribution >= 4 is 28.2 Å². The van der Waals surface area contributed by atoms with Crippen LogP contribution in [-0.2, 0) is 17.4 Å². The minimum absolute atomic E-state index is 0.397. The second kappa shape index (κ2) is 10.5. The minimum Gasteiger partial charge on any atom is -0.369 e. The predicted molar refractivity (Wildman–Crippen MR) is 127 cm³/mol. The maximum Gasteiger partial charge on any atom is 0.460 e. The number of fused-ring (bicyclic) bond motifs is 1. The third-order valence-electron chi connectivity index (χ3n) is 6.67. The molecule has 5 nitrogen and oxygen atoms in total. The van der Waals surface area contributed by atoms with Crippen molar-refractivity contribution in [2.75, 3.05) is 42.9 Å². The van der Waals surface area contributed by atoms with Gasteiger partial charge in [-0.25, -0.2) is 0 Å². The smallest absolute Gasteiger partial charge is 0.369 e. The SMILES string of the molecule is O=C(Nc1ccc2[nH]cc(CCN3CCN(c4cccc(C(F)(F)F)c4)CC3)c2c1)C(F)(F)C(F)(F)C(F)(F)F. The van der Waals surface area contributed by atoms with E-state index < -0.39 is 41.4 Å². The topological polar surface area (TPSA) is 51.4 Å². The fraction of sp³-hybridized carbons (Fsp3) is 0.400. The van der Waals surface area contributed by atoms with Crippen LogP contribution in [0.5, 0.6) is 0 Å². The van der Waals surface area contributed by atoms with Crippen LogP contribution in [0.3, 0.4) is 0 Å². The molecule has 40 heavy (non-hydrogen) atoms. The number of aromatic nitrogens is 1. The molecule has 1 aromatic heterocycles. The molecule has 1 aliphatic rings. The van der Waals surface area contributed by atoms with Crippen LogP contribution in [0.25, 0.3) is 10.9 Å². The second-order valence-electron chi connectivity index (χ2n) is 9.30. The van der Waals surface area contributed by atoms with Gasteiger partial charge in [0.2, 0.25) is 0 Å². The highest BCUT2D eigenvalue weighted by Crippen LogP contribution is 2.47. The number of amides is 1. The number of nitrogens with one attached hydrogen (secondary N) is 2. The number of benzene rings is 2. The molecule has 3 aromatic rings. The van der Waals surface area contributed by atoms with Crippen LogP contribution >= 0.6 is 0 Å². The summed E-state index contributed by atoms with van der Waals surface area (Å²) in [5.41, 5.74) is 0.499. The molecule has 1 saturated heterocycles. The summed E-state index contributed by atoms with van der Waals surface area (Å²) in [6, 6.07) is 8.66. The first-order valence-corrected chi connectivity index (χ1v) is 11.9. The number of halogens is 10. The molecule has 0 saturated carbocycles. The third kappa shape index (κ3) is 5.83. The molecule has 0 spiro atoms. The van der Waals surface area contributed by atoms with Crippen LogP contribution < -0.4 is 10.2 Å². The molecule has 0 unspecified atom stereocenters. The van der Waals surface area contributed by atoms with Crippen LogP contribution in [0.2, 0.25) is 0 Å². The van der Waals surface area contributed by atoms with E-state index in [9.17, 15) is 48.7 Å². The lowest BCUT2D eigenvalue weighted by Crippen LogP contribution is -2.57. The summed E-state index contributed by atoms with van der Waals surface area (Å²) in [5, 5.41) is 1.88. The molecule has 15 heteroatoms. The zero-order valence-corrected chi connectivity index (χ0v) is 20.4. The third-order valence-corrected chi connectivity index (χ3v) is 6.67. The Balaban J connectivity index is 1.38. The minimum atomic E-state index is -6.63. The Bertz CT molecular complexity index is 1360. The van der Waals surface area contributed by atoms with Crippen molar-refractivity contribution in [3.05, 3.63) is 59.8 Å². The van der Waals surface area contributed by atoms with E-state index in [1.54, 1.807) is 12.3 Å². The Morgan fingerprint density at radius 2 is 1.55 bits per heavy atom. The van der Waals surface area contributed by atoms with Gasteiger partial charge in [-0.3, -0.25) is 9.69 Å². The molecular formula is C25H22F10N4O. The molecule has 1 fully saturated rings. The number of alkyl halides is 10. The first-order valence-electron chi connectivity index (χ1n) is 11.9. The molecule has 0 bridgehead atoms. The predicted octanol–water partition coefficient (Wildman–Crippen LogP) is 6.32. The van der Waals surface area contributed by atoms with Crippen LogP contribution in [0, 0.1) is 0 Å². The van der Waals surface area contributed by atoms with E-state index in [-0.39, 0.29) is 0 Å². The van der Waals surface area contributed by atoms with Gasteiger partial charge in [-0.05, 0) is 48.4 Å². The van der Waals surface area contributed by atoms with Gasteiger partial charge in [0, 0.05) is 61.2 Å². The Morgan fingerprint density at radius 1 is 0.875 bits per heavy atom. The van der Waals surface area contributed by atoms with Gasteiger partial charge in [0.05, 0.1) is 5.56 Å². The Labute approximate surface area is 220 Å². The van der Waals surface area contributed by atoms with Gasteiger partial charge in [-0.2, -0.15) is 43.9 Å². The van der Waals surface area contributed by atoms with Gasteiger partial charge in [-0.1, -0.05) is 6.07 Å². The summed E-state index contributed by atoms with van der Waals surface area (Å²) in [4.78, 5) is 18.5. The summed E-state index contributed by atoms with van der Waals surface area (Å²) in [5.74, 6) is -15.4. The summed E-state index contributed by atoms with van der Waals surface area (Å²) in [6.45, 7) is 2.55. The summed E-state index contributed by atoms with van der Waals surface area (Å²) >= 11 is 0. The number of carbonyl (C=O) groups excluding carboxylic acids is 1. The first-order chi connectivity index (χ1) is 18.5. The van der Waals surface area contributed by atoms with Crippen molar-refractivity contribution in [2.45, 2.75) is 30.6 Å². The van der Waals surface area contributed by atoms with Gasteiger partial charge in [-0.15, -0.1) is 0 Å². The monoisotopic (exact) mass is 584 g/mol. The summed E-state index contributed by atoms with van der Waals surface area (Å²) in [7, 11) is 0. The van der Waals surface area contributed by atoms with Crippen LogP contribution in [0.4, 0.5) is 55.3 Å². The van der Waals surface area contributed by atoms with Crippen molar-refractivity contribution in [1.29, 1.82) is 0 Å². The molecular weight excluding hydrogens is 562 g/mol. The highest BCUT2D eigenvalue weighted by Gasteiger charge is 2.76. The molecule has 4 rings (SSSR count). The fourth-order valence-electron chi connectivity index (χ4n) is 4.38. The number of piperazine rings is 1. The maximum atomic E-state index is 13.7. The van der Waals surface area contributed by atoms with E-state index in [1.165, 1.54) is 23.5 Å². The number of nitrogens with zero attached hydrogens (tertiary/aromatic N) is 2. The number of H-pyrrole nitrogens is 1. The highest BCUT2D eigenvalue weighted by molar-refractivity contribution is 5.99. The Kier molecular flexibility index (Phi) is 7.73. The average Bonchev–Trinajstić information content (AvgIpc) is 3.28. The lowest BCUT2D eigenvalue weighted by atomic mass is 10.1. The first kappa shape index (κ1) is 29.5. The molecule has 0 aliphatic carbocycles. The zero-order valence-electron chi connectivity index (χ0n) is 20.4. The van der Waals surface area contributed by atoms with Gasteiger partial charge in [0.1, 0.15) is 0 Å². The number of hydrogen-bond acceptors (Lipinski definition) is 3. The lowest BCUT2D eigenvalue weighted by molar-refractivity contribution is -0.343. The van der Waals surface area contributed by atoms with Crippen molar-refractivity contribution in [1.82, 2.24) is 9.88 Å². The summed E-state index contributed by atoms with van der Waals surface area (Å²) < 4.78 is 130. The maximum absolute atomic E-state index is 13.7. The van der Waals surface area contributed by atoms with Gasteiger partial charge < -0.3 is 15.2 Å². The van der Waals surface area contributed by atoms with Crippen LogP contribution in [0.15, 0.2) is 48.7 Å². The standard InChI is InChI=1S/C25H22F10N4O/c26-22(27,24(31,32)25(33,34)35)21(40)37-17-4-5-20-19(13-17)15(14-36-20)6-7-38-8-10-39(11-9-38)18-3-1-2-16(12-18)23(28,29)30/h1-5,12-14,36H,6-11H2,(H,37,40). The number of hydrogen-bond donors (Lipinski definition) is 2. The van der Waals surface area contributed by atoms with Crippen molar-refractivity contribution in [3.63, 3.8) is 0 Å². The van der Waals surface area contributed by atoms with E-state index in [1.807, 2.05) is 4.90 Å². The zero-order chi connectivity index (χ0) is 29.5. The molecule has 1 amide bonds. The van der Waals surface area contributed by atoms with E-state index in [0.29, 0.717) is 61.3 Å². The molecule has 2 aromatic carbocycles. The average molecular weight is 584 g/mol.